The van der Waals surface area contributed by atoms with Crippen molar-refractivity contribution < 1.29 is 0 Å². The van der Waals surface area contributed by atoms with Crippen LogP contribution < -0.4 is 0 Å². The van der Waals surface area contributed by atoms with E-state index in [1.807, 2.05) is 30.1 Å². The molecule has 2 aromatic rings. The molecule has 128 valence electrons. The summed E-state index contributed by atoms with van der Waals surface area (Å²) in [6, 6.07) is 10.4. The van der Waals surface area contributed by atoms with Crippen molar-refractivity contribution in [3.8, 4) is 0 Å². The molecular weight excluding hydrogens is 314 g/mol. The van der Waals surface area contributed by atoms with Crippen LogP contribution in [0.5, 0.6) is 0 Å². The average molecular weight is 342 g/mol. The van der Waals surface area contributed by atoms with Gasteiger partial charge in [0.1, 0.15) is 0 Å². The van der Waals surface area contributed by atoms with Gasteiger partial charge in [-0.25, -0.2) is 4.99 Å². The van der Waals surface area contributed by atoms with E-state index in [0.29, 0.717) is 11.2 Å². The zero-order valence-corrected chi connectivity index (χ0v) is 15.9. The lowest BCUT2D eigenvalue weighted by Gasteiger charge is -2.20. The Bertz CT molecular complexity index is 724. The van der Waals surface area contributed by atoms with Crippen molar-refractivity contribution in [2.75, 3.05) is 13.1 Å². The molecule has 0 amide bonds. The lowest BCUT2D eigenvalue weighted by Crippen LogP contribution is -2.29. The summed E-state index contributed by atoms with van der Waals surface area (Å²) < 4.78 is 0. The summed E-state index contributed by atoms with van der Waals surface area (Å²) in [5.74, 6) is 1.37. The van der Waals surface area contributed by atoms with Gasteiger partial charge in [0.15, 0.2) is 5.17 Å². The van der Waals surface area contributed by atoms with E-state index in [2.05, 4.69) is 55.8 Å². The van der Waals surface area contributed by atoms with Crippen LogP contribution in [0, 0.1) is 11.8 Å². The number of hydrogen-bond acceptors (Lipinski definition) is 3. The number of nitrogens with zero attached hydrogens (tertiary/aromatic N) is 3. The molecule has 1 aromatic heterocycles. The van der Waals surface area contributed by atoms with Gasteiger partial charge in [0.2, 0.25) is 0 Å². The van der Waals surface area contributed by atoms with Crippen molar-refractivity contribution in [3.05, 3.63) is 36.5 Å². The minimum atomic E-state index is 0.642. The van der Waals surface area contributed by atoms with Gasteiger partial charge in [-0.1, -0.05) is 57.7 Å². The van der Waals surface area contributed by atoms with Crippen LogP contribution in [0.3, 0.4) is 0 Å². The molecule has 0 spiro atoms. The first kappa shape index (κ1) is 17.3. The van der Waals surface area contributed by atoms with Crippen LogP contribution in [0.1, 0.15) is 34.1 Å². The molecule has 0 N–H and O–H groups in total. The van der Waals surface area contributed by atoms with Crippen LogP contribution >= 0.6 is 11.8 Å². The molecule has 4 heteroatoms. The molecule has 0 aliphatic carbocycles. The highest BCUT2D eigenvalue weighted by Crippen LogP contribution is 2.33. The van der Waals surface area contributed by atoms with E-state index in [1.54, 1.807) is 0 Å². The van der Waals surface area contributed by atoms with Gasteiger partial charge in [-0.3, -0.25) is 4.98 Å². The van der Waals surface area contributed by atoms with Gasteiger partial charge in [0, 0.05) is 23.7 Å². The van der Waals surface area contributed by atoms with Crippen molar-refractivity contribution >= 4 is 33.5 Å². The summed E-state index contributed by atoms with van der Waals surface area (Å²) in [5, 5.41) is 2.96. The Hall–Kier alpha value is -1.55. The topological polar surface area (TPSA) is 28.5 Å². The predicted molar refractivity (Wildman–Crippen MR) is 106 cm³/mol. The minimum Gasteiger partial charge on any atom is -0.350 e. The summed E-state index contributed by atoms with van der Waals surface area (Å²) >= 11 is 1.94. The Morgan fingerprint density at radius 2 is 2.00 bits per heavy atom. The van der Waals surface area contributed by atoms with Gasteiger partial charge in [0.05, 0.1) is 17.4 Å². The maximum atomic E-state index is 4.94. The molecule has 1 fully saturated rings. The van der Waals surface area contributed by atoms with Crippen LogP contribution in [0.15, 0.2) is 41.5 Å². The monoisotopic (exact) mass is 341 g/mol. The molecule has 0 saturated carbocycles. The number of rotatable bonds is 5. The molecule has 1 aliphatic heterocycles. The zero-order valence-electron chi connectivity index (χ0n) is 15.1. The highest BCUT2D eigenvalue weighted by atomic mass is 32.2. The Morgan fingerprint density at radius 1 is 1.21 bits per heavy atom. The van der Waals surface area contributed by atoms with Crippen molar-refractivity contribution in [1.29, 1.82) is 0 Å². The summed E-state index contributed by atoms with van der Waals surface area (Å²) in [4.78, 5) is 11.9. The van der Waals surface area contributed by atoms with Crippen molar-refractivity contribution in [2.24, 2.45) is 16.8 Å². The zero-order chi connectivity index (χ0) is 17.1. The Labute approximate surface area is 149 Å². The SMILES string of the molecule is CC(C)CC1CN(CC(C)C)/C(=N/c2cnc3ccccc3c2)S1. The highest BCUT2D eigenvalue weighted by Gasteiger charge is 2.29. The first-order valence-corrected chi connectivity index (χ1v) is 9.74. The third-order valence-corrected chi connectivity index (χ3v) is 5.32. The molecule has 3 nitrogen and oxygen atoms in total. The fourth-order valence-corrected chi connectivity index (χ4v) is 4.64. The van der Waals surface area contributed by atoms with E-state index in [0.717, 1.165) is 40.8 Å². The standard InChI is InChI=1S/C20H27N3S/c1-14(2)9-18-13-23(12-15(3)4)20(24-18)22-17-10-16-7-5-6-8-19(16)21-11-17/h5-8,10-11,14-15,18H,9,12-13H2,1-4H3/b22-20-. The van der Waals surface area contributed by atoms with Crippen molar-refractivity contribution in [2.45, 2.75) is 39.4 Å². The number of para-hydroxylation sites is 1. The molecular formula is C20H27N3S. The van der Waals surface area contributed by atoms with Gasteiger partial charge in [-0.05, 0) is 30.4 Å². The maximum Gasteiger partial charge on any atom is 0.164 e. The van der Waals surface area contributed by atoms with E-state index in [-0.39, 0.29) is 0 Å². The average Bonchev–Trinajstić information content (AvgIpc) is 2.86. The maximum absolute atomic E-state index is 4.94. The number of aromatic nitrogens is 1. The predicted octanol–water partition coefficient (Wildman–Crippen LogP) is 5.34. The number of hydrogen-bond donors (Lipinski definition) is 0. The van der Waals surface area contributed by atoms with Crippen LogP contribution in [0.2, 0.25) is 0 Å². The molecule has 0 radical (unpaired) electrons. The van der Waals surface area contributed by atoms with E-state index in [9.17, 15) is 0 Å². The molecule has 0 bridgehead atoms. The van der Waals surface area contributed by atoms with E-state index < -0.39 is 0 Å². The Morgan fingerprint density at radius 3 is 2.75 bits per heavy atom. The second-order valence-electron chi connectivity index (χ2n) is 7.45. The van der Waals surface area contributed by atoms with Crippen LogP contribution in [-0.4, -0.2) is 33.4 Å². The van der Waals surface area contributed by atoms with Crippen LogP contribution in [0.4, 0.5) is 5.69 Å². The second-order valence-corrected chi connectivity index (χ2v) is 8.72. The Balaban J connectivity index is 1.85. The molecule has 2 heterocycles. The van der Waals surface area contributed by atoms with Crippen LogP contribution in [-0.2, 0) is 0 Å². The number of pyridine rings is 1. The molecule has 1 aromatic carbocycles. The van der Waals surface area contributed by atoms with Gasteiger partial charge in [-0.2, -0.15) is 0 Å². The number of amidine groups is 1. The van der Waals surface area contributed by atoms with Gasteiger partial charge < -0.3 is 4.90 Å². The lowest BCUT2D eigenvalue weighted by atomic mass is 10.1. The third kappa shape index (κ3) is 4.29. The number of benzene rings is 1. The van der Waals surface area contributed by atoms with Crippen molar-refractivity contribution in [3.63, 3.8) is 0 Å². The normalized spacial score (nSPS) is 20.0. The molecule has 1 saturated heterocycles. The quantitative estimate of drug-likeness (QED) is 0.734. The van der Waals surface area contributed by atoms with E-state index >= 15 is 0 Å². The summed E-state index contributed by atoms with van der Waals surface area (Å²) in [7, 11) is 0. The second kappa shape index (κ2) is 7.56. The number of aliphatic imine (C=N–C) groups is 1. The van der Waals surface area contributed by atoms with Gasteiger partial charge in [-0.15, -0.1) is 0 Å². The summed E-state index contributed by atoms with van der Waals surface area (Å²) in [5.41, 5.74) is 1.98. The lowest BCUT2D eigenvalue weighted by molar-refractivity contribution is 0.368. The molecule has 1 atom stereocenters. The van der Waals surface area contributed by atoms with E-state index in [4.69, 9.17) is 4.99 Å². The molecule has 24 heavy (non-hydrogen) atoms. The fraction of sp³-hybridized carbons (Fsp3) is 0.500. The van der Waals surface area contributed by atoms with Crippen molar-refractivity contribution in [1.82, 2.24) is 9.88 Å². The third-order valence-electron chi connectivity index (χ3n) is 4.09. The molecule has 1 aliphatic rings. The smallest absolute Gasteiger partial charge is 0.164 e. The van der Waals surface area contributed by atoms with Crippen LogP contribution in [0.25, 0.3) is 10.9 Å². The first-order valence-electron chi connectivity index (χ1n) is 8.86. The fourth-order valence-electron chi connectivity index (χ4n) is 3.15. The van der Waals surface area contributed by atoms with E-state index in [1.165, 1.54) is 6.42 Å². The largest absolute Gasteiger partial charge is 0.350 e. The Kier molecular flexibility index (Phi) is 5.44. The summed E-state index contributed by atoms with van der Waals surface area (Å²) in [6.07, 6.45) is 3.13. The van der Waals surface area contributed by atoms with Gasteiger partial charge >= 0.3 is 0 Å². The van der Waals surface area contributed by atoms with Gasteiger partial charge in [0.25, 0.3) is 0 Å². The molecule has 3 rings (SSSR count). The highest BCUT2D eigenvalue weighted by molar-refractivity contribution is 8.14. The molecule has 1 unspecified atom stereocenters. The minimum absolute atomic E-state index is 0.642. The summed E-state index contributed by atoms with van der Waals surface area (Å²) in [6.45, 7) is 11.3. The number of thioether (sulfide) groups is 1. The first-order chi connectivity index (χ1) is 11.5. The number of fused-ring (bicyclic) bond motifs is 1.